The van der Waals surface area contributed by atoms with E-state index in [-0.39, 0.29) is 18.4 Å². The SMILES string of the molecule is C/C=C/CC(NC(=O)Cc1c(C)nc(-c2cccnc2)[nH]c1=O)C(=O)O. The van der Waals surface area contributed by atoms with Crippen LogP contribution in [0.1, 0.15) is 24.6 Å². The predicted octanol–water partition coefficient (Wildman–Crippen LogP) is 1.22. The molecule has 0 radical (unpaired) electrons. The molecule has 2 aromatic heterocycles. The number of rotatable bonds is 7. The fourth-order valence-electron chi connectivity index (χ4n) is 2.36. The maximum absolute atomic E-state index is 12.3. The second kappa shape index (κ2) is 8.70. The van der Waals surface area contributed by atoms with Gasteiger partial charge in [0.25, 0.3) is 5.56 Å². The summed E-state index contributed by atoms with van der Waals surface area (Å²) in [4.78, 5) is 46.6. The number of amides is 1. The van der Waals surface area contributed by atoms with Gasteiger partial charge in [-0.2, -0.15) is 0 Å². The highest BCUT2D eigenvalue weighted by Crippen LogP contribution is 2.12. The molecular weight excluding hydrogens is 336 g/mol. The molecule has 0 spiro atoms. The first-order valence-electron chi connectivity index (χ1n) is 8.06. The molecule has 1 atom stereocenters. The van der Waals surface area contributed by atoms with Crippen molar-refractivity contribution in [3.8, 4) is 11.4 Å². The predicted molar refractivity (Wildman–Crippen MR) is 95.5 cm³/mol. The number of carbonyl (C=O) groups excluding carboxylic acids is 1. The number of H-pyrrole nitrogens is 1. The highest BCUT2D eigenvalue weighted by Gasteiger charge is 2.20. The molecule has 8 heteroatoms. The molecule has 136 valence electrons. The van der Waals surface area contributed by atoms with Crippen molar-refractivity contribution in [2.24, 2.45) is 0 Å². The lowest BCUT2D eigenvalue weighted by molar-refractivity contribution is -0.141. The van der Waals surface area contributed by atoms with Crippen LogP contribution in [0.2, 0.25) is 0 Å². The van der Waals surface area contributed by atoms with Gasteiger partial charge in [-0.15, -0.1) is 0 Å². The van der Waals surface area contributed by atoms with E-state index in [4.69, 9.17) is 5.11 Å². The zero-order valence-corrected chi connectivity index (χ0v) is 14.5. The molecule has 0 fully saturated rings. The molecule has 8 nitrogen and oxygen atoms in total. The molecule has 0 saturated carbocycles. The highest BCUT2D eigenvalue weighted by atomic mass is 16.4. The van der Waals surface area contributed by atoms with E-state index < -0.39 is 23.5 Å². The fourth-order valence-corrected chi connectivity index (χ4v) is 2.36. The van der Waals surface area contributed by atoms with Crippen molar-refractivity contribution in [2.45, 2.75) is 32.7 Å². The number of pyridine rings is 1. The molecule has 0 aromatic carbocycles. The Morgan fingerprint density at radius 3 is 2.77 bits per heavy atom. The molecule has 0 aliphatic rings. The molecule has 3 N–H and O–H groups in total. The van der Waals surface area contributed by atoms with Crippen molar-refractivity contribution in [1.82, 2.24) is 20.3 Å². The second-order valence-corrected chi connectivity index (χ2v) is 5.66. The zero-order chi connectivity index (χ0) is 19.1. The lowest BCUT2D eigenvalue weighted by Gasteiger charge is -2.13. The number of allylic oxidation sites excluding steroid dienone is 1. The maximum Gasteiger partial charge on any atom is 0.326 e. The minimum Gasteiger partial charge on any atom is -0.480 e. The third-order valence-corrected chi connectivity index (χ3v) is 3.74. The average molecular weight is 356 g/mol. The van der Waals surface area contributed by atoms with Crippen molar-refractivity contribution >= 4 is 11.9 Å². The monoisotopic (exact) mass is 356 g/mol. The zero-order valence-electron chi connectivity index (χ0n) is 14.5. The summed E-state index contributed by atoms with van der Waals surface area (Å²) in [5.41, 5.74) is 0.821. The number of nitrogens with one attached hydrogen (secondary N) is 2. The average Bonchev–Trinajstić information content (AvgIpc) is 2.62. The Balaban J connectivity index is 2.18. The summed E-state index contributed by atoms with van der Waals surface area (Å²) in [5, 5.41) is 11.6. The minimum absolute atomic E-state index is 0.172. The van der Waals surface area contributed by atoms with E-state index in [0.717, 1.165) is 0 Å². The minimum atomic E-state index is -1.13. The Hall–Kier alpha value is -3.29. The Kier molecular flexibility index (Phi) is 6.37. The number of hydrogen-bond acceptors (Lipinski definition) is 5. The number of carbonyl (C=O) groups is 2. The van der Waals surface area contributed by atoms with E-state index >= 15 is 0 Å². The molecule has 2 heterocycles. The third kappa shape index (κ3) is 4.85. The number of aromatic nitrogens is 3. The van der Waals surface area contributed by atoms with Gasteiger partial charge >= 0.3 is 5.97 Å². The van der Waals surface area contributed by atoms with Crippen molar-refractivity contribution in [2.75, 3.05) is 0 Å². The van der Waals surface area contributed by atoms with Gasteiger partial charge in [0.1, 0.15) is 11.9 Å². The maximum atomic E-state index is 12.3. The van der Waals surface area contributed by atoms with Crippen LogP contribution in [0.5, 0.6) is 0 Å². The quantitative estimate of drug-likeness (QED) is 0.641. The van der Waals surface area contributed by atoms with Gasteiger partial charge in [0.15, 0.2) is 0 Å². The number of aryl methyl sites for hydroxylation is 1. The largest absolute Gasteiger partial charge is 0.480 e. The number of hydrogen-bond donors (Lipinski definition) is 3. The van der Waals surface area contributed by atoms with E-state index in [9.17, 15) is 14.4 Å². The van der Waals surface area contributed by atoms with Crippen LogP contribution in [0.4, 0.5) is 0 Å². The van der Waals surface area contributed by atoms with E-state index in [1.807, 2.05) is 0 Å². The number of carboxylic acid groups (broad SMARTS) is 1. The van der Waals surface area contributed by atoms with Crippen LogP contribution in [0.3, 0.4) is 0 Å². The van der Waals surface area contributed by atoms with Crippen LogP contribution in [0, 0.1) is 6.92 Å². The Morgan fingerprint density at radius 1 is 1.42 bits per heavy atom. The van der Waals surface area contributed by atoms with E-state index in [0.29, 0.717) is 17.1 Å². The van der Waals surface area contributed by atoms with Crippen LogP contribution in [-0.4, -0.2) is 38.0 Å². The second-order valence-electron chi connectivity index (χ2n) is 5.66. The Bertz CT molecular complexity index is 875. The van der Waals surface area contributed by atoms with Crippen molar-refractivity contribution in [3.63, 3.8) is 0 Å². The molecule has 0 aliphatic carbocycles. The van der Waals surface area contributed by atoms with Gasteiger partial charge in [-0.05, 0) is 32.4 Å². The standard InChI is InChI=1S/C18H20N4O4/c1-3-4-7-14(18(25)26)21-15(23)9-13-11(2)20-16(22-17(13)24)12-6-5-8-19-10-12/h3-6,8,10,14H,7,9H2,1-2H3,(H,21,23)(H,25,26)(H,20,22,24)/b4-3+. The molecule has 0 bridgehead atoms. The molecule has 1 unspecified atom stereocenters. The molecule has 0 saturated heterocycles. The van der Waals surface area contributed by atoms with Gasteiger partial charge < -0.3 is 15.4 Å². The van der Waals surface area contributed by atoms with E-state index in [1.165, 1.54) is 0 Å². The van der Waals surface area contributed by atoms with Crippen LogP contribution in [-0.2, 0) is 16.0 Å². The number of aliphatic carboxylic acids is 1. The first-order valence-corrected chi connectivity index (χ1v) is 8.06. The van der Waals surface area contributed by atoms with Crippen LogP contribution in [0.15, 0.2) is 41.5 Å². The lowest BCUT2D eigenvalue weighted by atomic mass is 10.1. The summed E-state index contributed by atoms with van der Waals surface area (Å²) in [6, 6.07) is 2.44. The number of aromatic amines is 1. The van der Waals surface area contributed by atoms with Gasteiger partial charge in [-0.25, -0.2) is 9.78 Å². The molecular formula is C18H20N4O4. The molecule has 1 amide bonds. The number of carboxylic acids is 1. The first-order chi connectivity index (χ1) is 12.4. The van der Waals surface area contributed by atoms with Gasteiger partial charge in [-0.3, -0.25) is 14.6 Å². The molecule has 26 heavy (non-hydrogen) atoms. The molecule has 2 aromatic rings. The van der Waals surface area contributed by atoms with Crippen molar-refractivity contribution < 1.29 is 14.7 Å². The first kappa shape index (κ1) is 19.0. The Morgan fingerprint density at radius 2 is 2.19 bits per heavy atom. The number of nitrogens with zero attached hydrogens (tertiary/aromatic N) is 2. The van der Waals surface area contributed by atoms with Gasteiger partial charge in [-0.1, -0.05) is 12.2 Å². The Labute approximate surface area is 150 Å². The molecule has 2 rings (SSSR count). The third-order valence-electron chi connectivity index (χ3n) is 3.74. The summed E-state index contributed by atoms with van der Waals surface area (Å²) in [6.45, 7) is 3.39. The van der Waals surface area contributed by atoms with Crippen LogP contribution < -0.4 is 10.9 Å². The van der Waals surface area contributed by atoms with Gasteiger partial charge in [0.05, 0.1) is 6.42 Å². The fraction of sp³-hybridized carbons (Fsp3) is 0.278. The smallest absolute Gasteiger partial charge is 0.326 e. The highest BCUT2D eigenvalue weighted by molar-refractivity contribution is 5.85. The van der Waals surface area contributed by atoms with Crippen LogP contribution >= 0.6 is 0 Å². The summed E-state index contributed by atoms with van der Waals surface area (Å²) in [7, 11) is 0. The van der Waals surface area contributed by atoms with Crippen molar-refractivity contribution in [1.29, 1.82) is 0 Å². The lowest BCUT2D eigenvalue weighted by Crippen LogP contribution is -2.42. The van der Waals surface area contributed by atoms with Gasteiger partial charge in [0.2, 0.25) is 5.91 Å². The van der Waals surface area contributed by atoms with Crippen molar-refractivity contribution in [3.05, 3.63) is 58.3 Å². The summed E-state index contributed by atoms with van der Waals surface area (Å²) in [5.74, 6) is -1.32. The topological polar surface area (TPSA) is 125 Å². The molecule has 0 aliphatic heterocycles. The summed E-state index contributed by atoms with van der Waals surface area (Å²) < 4.78 is 0. The van der Waals surface area contributed by atoms with Crippen LogP contribution in [0.25, 0.3) is 11.4 Å². The van der Waals surface area contributed by atoms with Gasteiger partial charge in [0, 0.05) is 29.2 Å². The van der Waals surface area contributed by atoms with E-state index in [2.05, 4.69) is 20.3 Å². The normalized spacial score (nSPS) is 12.1. The van der Waals surface area contributed by atoms with E-state index in [1.54, 1.807) is 50.5 Å². The summed E-state index contributed by atoms with van der Waals surface area (Å²) >= 11 is 0. The summed E-state index contributed by atoms with van der Waals surface area (Å²) in [6.07, 6.45) is 6.47.